The molecule has 1 atom stereocenters. The molecule has 2 aliphatic rings. The molecule has 1 nitrogen and oxygen atoms in total. The maximum absolute atomic E-state index is 4.83. The van der Waals surface area contributed by atoms with Crippen LogP contribution >= 0.6 is 0 Å². The summed E-state index contributed by atoms with van der Waals surface area (Å²) in [7, 11) is 0. The molecule has 1 fully saturated rings. The van der Waals surface area contributed by atoms with Crippen molar-refractivity contribution in [3.8, 4) is 0 Å². The van der Waals surface area contributed by atoms with Crippen molar-refractivity contribution < 1.29 is 4.74 Å². The molecule has 2 bridgehead atoms. The Balaban J connectivity index is 0.000000130. The largest absolute Gasteiger partial charge is 0.382 e. The summed E-state index contributed by atoms with van der Waals surface area (Å²) in [6.45, 7) is 5.67. The molecule has 70 valence electrons. The van der Waals surface area contributed by atoms with Gasteiger partial charge in [-0.25, -0.2) is 0 Å². The lowest BCUT2D eigenvalue weighted by molar-refractivity contribution is 0.162. The Hall–Kier alpha value is -0.300. The van der Waals surface area contributed by atoms with Crippen LogP contribution in [0.2, 0.25) is 0 Å². The van der Waals surface area contributed by atoms with E-state index in [4.69, 9.17) is 4.74 Å². The van der Waals surface area contributed by atoms with Crippen LogP contribution in [0.3, 0.4) is 0 Å². The molecular weight excluding hydrogens is 148 g/mol. The number of fused-ring (bicyclic) bond motifs is 2. The van der Waals surface area contributed by atoms with E-state index in [9.17, 15) is 0 Å². The minimum Gasteiger partial charge on any atom is -0.382 e. The quantitative estimate of drug-likeness (QED) is 0.575. The van der Waals surface area contributed by atoms with Crippen LogP contribution in [0.5, 0.6) is 0 Å². The third-order valence-corrected chi connectivity index (χ3v) is 2.57. The van der Waals surface area contributed by atoms with Crippen molar-refractivity contribution in [1.29, 1.82) is 0 Å². The molecular formula is C11H20O. The van der Waals surface area contributed by atoms with Gasteiger partial charge in [0.1, 0.15) is 0 Å². The van der Waals surface area contributed by atoms with Gasteiger partial charge in [-0.05, 0) is 45.4 Å². The lowest BCUT2D eigenvalue weighted by Gasteiger charge is -1.98. The van der Waals surface area contributed by atoms with E-state index < -0.39 is 0 Å². The third-order valence-electron chi connectivity index (χ3n) is 2.57. The van der Waals surface area contributed by atoms with Gasteiger partial charge in [0.05, 0.1) is 0 Å². The van der Waals surface area contributed by atoms with Gasteiger partial charge in [0, 0.05) is 13.2 Å². The lowest BCUT2D eigenvalue weighted by Crippen LogP contribution is -1.85. The molecule has 1 unspecified atom stereocenters. The zero-order valence-electron chi connectivity index (χ0n) is 8.31. The van der Waals surface area contributed by atoms with Gasteiger partial charge in [-0.15, -0.1) is 0 Å². The van der Waals surface area contributed by atoms with E-state index in [0.29, 0.717) is 0 Å². The summed E-state index contributed by atoms with van der Waals surface area (Å²) in [6.07, 6.45) is 8.18. The first-order valence-corrected chi connectivity index (χ1v) is 5.12. The minimum atomic E-state index is 0.844. The number of ether oxygens (including phenoxy) is 1. The molecule has 0 N–H and O–H groups in total. The first-order chi connectivity index (χ1) is 5.86. The maximum atomic E-state index is 4.83. The number of rotatable bonds is 2. The highest BCUT2D eigenvalue weighted by Crippen LogP contribution is 2.38. The molecule has 12 heavy (non-hydrogen) atoms. The van der Waals surface area contributed by atoms with Gasteiger partial charge in [-0.1, -0.05) is 11.6 Å². The summed E-state index contributed by atoms with van der Waals surface area (Å²) >= 11 is 0. The van der Waals surface area contributed by atoms with E-state index >= 15 is 0 Å². The number of allylic oxidation sites excluding steroid dienone is 2. The van der Waals surface area contributed by atoms with E-state index in [1.807, 2.05) is 13.8 Å². The molecule has 0 aromatic rings. The number of hydrogen-bond donors (Lipinski definition) is 0. The second-order valence-electron chi connectivity index (χ2n) is 3.49. The molecule has 0 spiro atoms. The van der Waals surface area contributed by atoms with E-state index in [1.54, 1.807) is 5.57 Å². The Labute approximate surface area is 75.8 Å². The molecule has 0 amide bonds. The summed E-state index contributed by atoms with van der Waals surface area (Å²) < 4.78 is 4.83. The van der Waals surface area contributed by atoms with E-state index in [-0.39, 0.29) is 0 Å². The summed E-state index contributed by atoms with van der Waals surface area (Å²) in [6, 6.07) is 0. The average Bonchev–Trinajstić information content (AvgIpc) is 2.69. The van der Waals surface area contributed by atoms with Crippen LogP contribution in [0, 0.1) is 5.92 Å². The summed E-state index contributed by atoms with van der Waals surface area (Å²) in [5.74, 6) is 1.08. The van der Waals surface area contributed by atoms with Crippen LogP contribution in [0.1, 0.15) is 39.5 Å². The highest BCUT2D eigenvalue weighted by atomic mass is 16.5. The van der Waals surface area contributed by atoms with Crippen LogP contribution in [-0.2, 0) is 4.74 Å². The average molecular weight is 168 g/mol. The molecule has 0 saturated heterocycles. The van der Waals surface area contributed by atoms with Crippen LogP contribution in [0.4, 0.5) is 0 Å². The van der Waals surface area contributed by atoms with Crippen molar-refractivity contribution >= 4 is 0 Å². The van der Waals surface area contributed by atoms with Crippen LogP contribution in [0.15, 0.2) is 11.6 Å². The van der Waals surface area contributed by atoms with Gasteiger partial charge in [0.2, 0.25) is 0 Å². The molecule has 1 saturated carbocycles. The van der Waals surface area contributed by atoms with E-state index in [2.05, 4.69) is 6.08 Å². The Morgan fingerprint density at radius 3 is 2.25 bits per heavy atom. The Bertz CT molecular complexity index is 147. The van der Waals surface area contributed by atoms with Gasteiger partial charge in [-0.2, -0.15) is 0 Å². The van der Waals surface area contributed by atoms with Gasteiger partial charge >= 0.3 is 0 Å². The first kappa shape index (κ1) is 9.79. The van der Waals surface area contributed by atoms with Gasteiger partial charge in [-0.3, -0.25) is 0 Å². The zero-order chi connectivity index (χ0) is 8.81. The fourth-order valence-corrected chi connectivity index (χ4v) is 1.89. The highest BCUT2D eigenvalue weighted by Gasteiger charge is 2.22. The normalized spacial score (nSPS) is 24.8. The van der Waals surface area contributed by atoms with Crippen LogP contribution in [0.25, 0.3) is 0 Å². The second-order valence-corrected chi connectivity index (χ2v) is 3.49. The molecule has 2 aliphatic carbocycles. The standard InChI is InChI=1S/C7H10.C4H10O/c1-2-7-4-3-6(1)5-7;1-3-5-4-2/h1,7H,2-5H2;3-4H2,1-2H3. The van der Waals surface area contributed by atoms with Crippen molar-refractivity contribution in [2.24, 2.45) is 5.92 Å². The van der Waals surface area contributed by atoms with Gasteiger partial charge in [0.15, 0.2) is 0 Å². The predicted octanol–water partition coefficient (Wildman–Crippen LogP) is 3.16. The Kier molecular flexibility index (Phi) is 4.37. The van der Waals surface area contributed by atoms with E-state index in [0.717, 1.165) is 19.1 Å². The SMILES string of the molecule is C1=C2CCC(C1)C2.CCOCC. The first-order valence-electron chi connectivity index (χ1n) is 5.12. The molecule has 1 heteroatoms. The van der Waals surface area contributed by atoms with Crippen LogP contribution < -0.4 is 0 Å². The monoisotopic (exact) mass is 168 g/mol. The minimum absolute atomic E-state index is 0.844. The summed E-state index contributed by atoms with van der Waals surface area (Å²) in [5, 5.41) is 0. The van der Waals surface area contributed by atoms with Crippen molar-refractivity contribution in [2.45, 2.75) is 39.5 Å². The molecule has 2 rings (SSSR count). The van der Waals surface area contributed by atoms with Gasteiger partial charge in [0.25, 0.3) is 0 Å². The third kappa shape index (κ3) is 2.98. The van der Waals surface area contributed by atoms with Crippen molar-refractivity contribution in [3.05, 3.63) is 11.6 Å². The number of hydrogen-bond acceptors (Lipinski definition) is 1. The second kappa shape index (κ2) is 5.36. The lowest BCUT2D eigenvalue weighted by atomic mass is 10.1. The fourth-order valence-electron chi connectivity index (χ4n) is 1.89. The molecule has 0 radical (unpaired) electrons. The maximum Gasteiger partial charge on any atom is 0.0437 e. The van der Waals surface area contributed by atoms with E-state index in [1.165, 1.54) is 25.7 Å². The summed E-state index contributed by atoms with van der Waals surface area (Å²) in [5.41, 5.74) is 1.74. The molecule has 0 aromatic carbocycles. The smallest absolute Gasteiger partial charge is 0.0437 e. The van der Waals surface area contributed by atoms with Crippen molar-refractivity contribution in [1.82, 2.24) is 0 Å². The summed E-state index contributed by atoms with van der Waals surface area (Å²) in [4.78, 5) is 0. The topological polar surface area (TPSA) is 9.23 Å². The Morgan fingerprint density at radius 2 is 2.17 bits per heavy atom. The Morgan fingerprint density at radius 1 is 1.42 bits per heavy atom. The molecule has 0 aromatic heterocycles. The van der Waals surface area contributed by atoms with Crippen LogP contribution in [-0.4, -0.2) is 13.2 Å². The van der Waals surface area contributed by atoms with Crippen molar-refractivity contribution in [3.63, 3.8) is 0 Å². The molecule has 0 heterocycles. The zero-order valence-corrected chi connectivity index (χ0v) is 8.31. The predicted molar refractivity (Wildman–Crippen MR) is 52.2 cm³/mol. The molecule has 0 aliphatic heterocycles. The van der Waals surface area contributed by atoms with Gasteiger partial charge < -0.3 is 4.74 Å². The highest BCUT2D eigenvalue weighted by molar-refractivity contribution is 5.15. The van der Waals surface area contributed by atoms with Crippen molar-refractivity contribution in [2.75, 3.05) is 13.2 Å². The fraction of sp³-hybridized carbons (Fsp3) is 0.818.